The summed E-state index contributed by atoms with van der Waals surface area (Å²) in [5.41, 5.74) is 0. The van der Waals surface area contributed by atoms with Gasteiger partial charge in [-0.05, 0) is 32.1 Å². The lowest BCUT2D eigenvalue weighted by atomic mass is 10.1. The lowest BCUT2D eigenvalue weighted by Crippen LogP contribution is -2.01. The van der Waals surface area contributed by atoms with Gasteiger partial charge >= 0.3 is 5.97 Å². The Balaban J connectivity index is 3.11. The van der Waals surface area contributed by atoms with Crippen molar-refractivity contribution < 1.29 is 9.53 Å². The van der Waals surface area contributed by atoms with Crippen LogP contribution in [-0.4, -0.2) is 12.6 Å². The Bertz CT molecular complexity index is 307. The summed E-state index contributed by atoms with van der Waals surface area (Å²) in [4.78, 5) is 10.8. The number of hydrogen-bond donors (Lipinski definition) is 0. The fourth-order valence-corrected chi connectivity index (χ4v) is 2.76. The first-order valence-corrected chi connectivity index (χ1v) is 10.3. The minimum atomic E-state index is -0.311. The summed E-state index contributed by atoms with van der Waals surface area (Å²) in [7, 11) is 0. The van der Waals surface area contributed by atoms with Crippen molar-refractivity contribution in [1.29, 1.82) is 0 Å². The number of ether oxygens (including phenoxy) is 1. The average molecular weight is 337 g/mol. The molecule has 140 valence electrons. The molecule has 0 saturated heterocycles. The highest BCUT2D eigenvalue weighted by Gasteiger charge is 1.95. The molecule has 0 amide bonds. The van der Waals surface area contributed by atoms with Crippen LogP contribution in [0.2, 0.25) is 0 Å². The summed E-state index contributed by atoms with van der Waals surface area (Å²) in [5, 5.41) is 0. The van der Waals surface area contributed by atoms with E-state index in [9.17, 15) is 4.79 Å². The zero-order chi connectivity index (χ0) is 17.7. The molecule has 0 bridgehead atoms. The van der Waals surface area contributed by atoms with Gasteiger partial charge in [-0.2, -0.15) is 0 Å². The third kappa shape index (κ3) is 19.0. The molecule has 0 atom stereocenters. The average Bonchev–Trinajstić information content (AvgIpc) is 2.60. The smallest absolute Gasteiger partial charge is 0.330 e. The van der Waals surface area contributed by atoms with Gasteiger partial charge in [-0.3, -0.25) is 0 Å². The highest BCUT2D eigenvalue weighted by atomic mass is 16.5. The molecule has 2 nitrogen and oxygen atoms in total. The van der Waals surface area contributed by atoms with E-state index >= 15 is 0 Å². The third-order valence-corrected chi connectivity index (χ3v) is 4.32. The molecule has 0 aliphatic rings. The van der Waals surface area contributed by atoms with Crippen LogP contribution in [0.15, 0.2) is 24.8 Å². The molecule has 0 rings (SSSR count). The van der Waals surface area contributed by atoms with Crippen molar-refractivity contribution in [3.63, 3.8) is 0 Å². The molecule has 0 heterocycles. The summed E-state index contributed by atoms with van der Waals surface area (Å²) in [5.74, 6) is -0.311. The number of hydrogen-bond acceptors (Lipinski definition) is 2. The second kappa shape index (κ2) is 20.0. The maximum Gasteiger partial charge on any atom is 0.330 e. The van der Waals surface area contributed by atoms with E-state index in [2.05, 4.69) is 25.7 Å². The molecular weight excluding hydrogens is 296 g/mol. The number of carbonyl (C=O) groups excluding carboxylic acids is 1. The van der Waals surface area contributed by atoms with Gasteiger partial charge in [-0.15, -0.1) is 0 Å². The van der Waals surface area contributed by atoms with Crippen LogP contribution in [0.25, 0.3) is 0 Å². The molecule has 0 aromatic heterocycles. The topological polar surface area (TPSA) is 26.3 Å². The lowest BCUT2D eigenvalue weighted by Gasteiger charge is -2.01. The van der Waals surface area contributed by atoms with E-state index in [4.69, 9.17) is 4.74 Å². The quantitative estimate of drug-likeness (QED) is 0.115. The molecule has 0 spiro atoms. The summed E-state index contributed by atoms with van der Waals surface area (Å²) in [6, 6.07) is 0. The SMILES string of the molecule is C=CC(=O)OCCCCCC/C=C/CCCCCCCCCCC. The minimum Gasteiger partial charge on any atom is -0.463 e. The largest absolute Gasteiger partial charge is 0.463 e. The van der Waals surface area contributed by atoms with Gasteiger partial charge in [0.15, 0.2) is 0 Å². The van der Waals surface area contributed by atoms with Gasteiger partial charge in [0.2, 0.25) is 0 Å². The van der Waals surface area contributed by atoms with Crippen molar-refractivity contribution in [2.75, 3.05) is 6.61 Å². The molecule has 0 aromatic rings. The summed E-state index contributed by atoms with van der Waals surface area (Å²) >= 11 is 0. The maximum absolute atomic E-state index is 10.8. The Morgan fingerprint density at radius 1 is 0.750 bits per heavy atom. The van der Waals surface area contributed by atoms with E-state index in [0.29, 0.717) is 6.61 Å². The highest BCUT2D eigenvalue weighted by molar-refractivity contribution is 5.81. The van der Waals surface area contributed by atoms with Crippen LogP contribution in [0.1, 0.15) is 103 Å². The van der Waals surface area contributed by atoms with Crippen molar-refractivity contribution in [2.24, 2.45) is 0 Å². The molecule has 0 aliphatic heterocycles. The molecule has 0 N–H and O–H groups in total. The molecular formula is C22H40O2. The zero-order valence-electron chi connectivity index (χ0n) is 16.1. The van der Waals surface area contributed by atoms with Crippen molar-refractivity contribution in [2.45, 2.75) is 103 Å². The third-order valence-electron chi connectivity index (χ3n) is 4.32. The van der Waals surface area contributed by atoms with E-state index in [0.717, 1.165) is 12.8 Å². The second-order valence-electron chi connectivity index (χ2n) is 6.66. The van der Waals surface area contributed by atoms with Crippen LogP contribution < -0.4 is 0 Å². The minimum absolute atomic E-state index is 0.311. The predicted molar refractivity (Wildman–Crippen MR) is 105 cm³/mol. The number of allylic oxidation sites excluding steroid dienone is 2. The second-order valence-corrected chi connectivity index (χ2v) is 6.66. The normalized spacial score (nSPS) is 11.0. The van der Waals surface area contributed by atoms with E-state index < -0.39 is 0 Å². The van der Waals surface area contributed by atoms with Gasteiger partial charge in [-0.25, -0.2) is 4.79 Å². The first-order chi connectivity index (χ1) is 11.8. The molecule has 2 heteroatoms. The van der Waals surface area contributed by atoms with Crippen LogP contribution in [0.3, 0.4) is 0 Å². The molecule has 0 saturated carbocycles. The first kappa shape index (κ1) is 22.9. The monoisotopic (exact) mass is 336 g/mol. The van der Waals surface area contributed by atoms with Gasteiger partial charge in [0, 0.05) is 6.08 Å². The fourth-order valence-electron chi connectivity index (χ4n) is 2.76. The van der Waals surface area contributed by atoms with E-state index in [1.54, 1.807) is 0 Å². The zero-order valence-corrected chi connectivity index (χ0v) is 16.1. The Morgan fingerprint density at radius 3 is 1.71 bits per heavy atom. The van der Waals surface area contributed by atoms with Crippen LogP contribution in [-0.2, 0) is 9.53 Å². The molecule has 0 unspecified atom stereocenters. The van der Waals surface area contributed by atoms with Gasteiger partial charge < -0.3 is 4.74 Å². The maximum atomic E-state index is 10.8. The Kier molecular flexibility index (Phi) is 19.1. The van der Waals surface area contributed by atoms with Crippen molar-refractivity contribution in [3.05, 3.63) is 24.8 Å². The van der Waals surface area contributed by atoms with Crippen LogP contribution in [0.4, 0.5) is 0 Å². The summed E-state index contributed by atoms with van der Waals surface area (Å²) in [6.45, 7) is 6.18. The molecule has 0 aliphatic carbocycles. The fraction of sp³-hybridized carbons (Fsp3) is 0.773. The number of rotatable bonds is 18. The van der Waals surface area contributed by atoms with E-state index in [1.807, 2.05) is 0 Å². The van der Waals surface area contributed by atoms with Crippen molar-refractivity contribution >= 4 is 5.97 Å². The van der Waals surface area contributed by atoms with Gasteiger partial charge in [0.1, 0.15) is 0 Å². The van der Waals surface area contributed by atoms with Crippen molar-refractivity contribution in [1.82, 2.24) is 0 Å². The van der Waals surface area contributed by atoms with Crippen molar-refractivity contribution in [3.8, 4) is 0 Å². The van der Waals surface area contributed by atoms with Crippen LogP contribution in [0, 0.1) is 0 Å². The lowest BCUT2D eigenvalue weighted by molar-refractivity contribution is -0.137. The number of carbonyl (C=O) groups is 1. The first-order valence-electron chi connectivity index (χ1n) is 10.3. The summed E-state index contributed by atoms with van der Waals surface area (Å²) < 4.78 is 4.94. The summed E-state index contributed by atoms with van der Waals surface area (Å²) in [6.07, 6.45) is 25.5. The standard InChI is InChI=1S/C22H40O2/c1-3-5-6-7-8-9-10-11-12-13-14-15-16-17-18-19-20-21-24-22(23)4-2/h4,14-15H,2-3,5-13,16-21H2,1H3/b15-14+. The van der Waals surface area contributed by atoms with Crippen LogP contribution >= 0.6 is 0 Å². The number of esters is 1. The van der Waals surface area contributed by atoms with Crippen LogP contribution in [0.5, 0.6) is 0 Å². The number of unbranched alkanes of at least 4 members (excludes halogenated alkanes) is 13. The van der Waals surface area contributed by atoms with Gasteiger partial charge in [0.25, 0.3) is 0 Å². The molecule has 0 aromatic carbocycles. The highest BCUT2D eigenvalue weighted by Crippen LogP contribution is 2.11. The Morgan fingerprint density at radius 2 is 1.21 bits per heavy atom. The van der Waals surface area contributed by atoms with E-state index in [-0.39, 0.29) is 5.97 Å². The van der Waals surface area contributed by atoms with Gasteiger partial charge in [0.05, 0.1) is 6.61 Å². The molecule has 24 heavy (non-hydrogen) atoms. The Hall–Kier alpha value is -1.05. The predicted octanol–water partition coefficient (Wildman–Crippen LogP) is 7.14. The Labute approximate surface area is 150 Å². The molecule has 0 radical (unpaired) electrons. The molecule has 0 fully saturated rings. The van der Waals surface area contributed by atoms with E-state index in [1.165, 1.54) is 89.5 Å². The van der Waals surface area contributed by atoms with Gasteiger partial charge in [-0.1, -0.05) is 89.9 Å².